The van der Waals surface area contributed by atoms with Gasteiger partial charge in [-0.05, 0) is 18.4 Å². The van der Waals surface area contributed by atoms with Crippen molar-refractivity contribution in [1.82, 2.24) is 5.32 Å². The van der Waals surface area contributed by atoms with Crippen molar-refractivity contribution in [2.45, 2.75) is 37.1 Å². The van der Waals surface area contributed by atoms with Gasteiger partial charge in [0.1, 0.15) is 0 Å². The van der Waals surface area contributed by atoms with Crippen LogP contribution in [0.4, 0.5) is 0 Å². The van der Waals surface area contributed by atoms with Gasteiger partial charge in [-0.2, -0.15) is 0 Å². The second-order valence-electron chi connectivity index (χ2n) is 4.75. The van der Waals surface area contributed by atoms with E-state index in [1.54, 1.807) is 0 Å². The molecule has 5 N–H and O–H groups in total. The summed E-state index contributed by atoms with van der Waals surface area (Å²) in [6.45, 7) is 0.541. The van der Waals surface area contributed by atoms with Crippen LogP contribution in [-0.2, 0) is 6.42 Å². The van der Waals surface area contributed by atoms with E-state index in [1.807, 2.05) is 30.3 Å². The minimum atomic E-state index is -0.618. The van der Waals surface area contributed by atoms with Gasteiger partial charge in [0.05, 0.1) is 12.2 Å². The summed E-state index contributed by atoms with van der Waals surface area (Å²) in [5.41, 5.74) is 7.13. The number of aliphatic hydroxyl groups is 2. The third-order valence-electron chi connectivity index (χ3n) is 3.31. The van der Waals surface area contributed by atoms with Gasteiger partial charge in [0.2, 0.25) is 0 Å². The number of β-amino-alcohol motifs (C(OH)–C–C–N with tert-alkyl or cyclic N) is 1. The Hall–Kier alpha value is -0.940. The first-order chi connectivity index (χ1) is 8.16. The molecule has 94 valence electrons. The molecular formula is C13H20N2O2. The Kier molecular flexibility index (Phi) is 4.12. The van der Waals surface area contributed by atoms with Crippen molar-refractivity contribution in [2.75, 3.05) is 6.54 Å². The van der Waals surface area contributed by atoms with Crippen LogP contribution < -0.4 is 11.1 Å². The van der Waals surface area contributed by atoms with Gasteiger partial charge in [0.25, 0.3) is 0 Å². The molecular weight excluding hydrogens is 216 g/mol. The summed E-state index contributed by atoms with van der Waals surface area (Å²) in [5, 5.41) is 22.6. The molecule has 0 aromatic heterocycles. The van der Waals surface area contributed by atoms with E-state index in [2.05, 4.69) is 5.32 Å². The normalized spacial score (nSPS) is 27.9. The number of aliphatic hydroxyl groups excluding tert-OH is 2. The molecule has 0 saturated carbocycles. The Morgan fingerprint density at radius 3 is 2.65 bits per heavy atom. The Morgan fingerprint density at radius 1 is 1.35 bits per heavy atom. The summed E-state index contributed by atoms with van der Waals surface area (Å²) < 4.78 is 0. The molecule has 0 aliphatic carbocycles. The zero-order valence-electron chi connectivity index (χ0n) is 9.79. The number of nitrogens with one attached hydrogen (secondary N) is 1. The van der Waals surface area contributed by atoms with Gasteiger partial charge in [0.15, 0.2) is 0 Å². The van der Waals surface area contributed by atoms with Crippen LogP contribution >= 0.6 is 0 Å². The summed E-state index contributed by atoms with van der Waals surface area (Å²) in [6.07, 6.45) is 0.242. The van der Waals surface area contributed by atoms with Crippen molar-refractivity contribution in [2.24, 2.45) is 5.73 Å². The largest absolute Gasteiger partial charge is 0.392 e. The lowest BCUT2D eigenvalue weighted by atomic mass is 9.96. The molecule has 0 radical (unpaired) electrons. The minimum Gasteiger partial charge on any atom is -0.392 e. The van der Waals surface area contributed by atoms with Crippen molar-refractivity contribution >= 4 is 0 Å². The van der Waals surface area contributed by atoms with Crippen LogP contribution in [0.5, 0.6) is 0 Å². The van der Waals surface area contributed by atoms with Gasteiger partial charge in [-0.25, -0.2) is 0 Å². The van der Waals surface area contributed by atoms with E-state index in [4.69, 9.17) is 5.73 Å². The number of hydrogen-bond donors (Lipinski definition) is 4. The molecule has 0 spiro atoms. The molecule has 17 heavy (non-hydrogen) atoms. The topological polar surface area (TPSA) is 78.5 Å². The van der Waals surface area contributed by atoms with Gasteiger partial charge in [-0.3, -0.25) is 0 Å². The van der Waals surface area contributed by atoms with Gasteiger partial charge in [-0.15, -0.1) is 0 Å². The van der Waals surface area contributed by atoms with E-state index in [-0.39, 0.29) is 18.2 Å². The first-order valence-corrected chi connectivity index (χ1v) is 6.06. The monoisotopic (exact) mass is 236 g/mol. The highest BCUT2D eigenvalue weighted by molar-refractivity contribution is 5.16. The van der Waals surface area contributed by atoms with E-state index < -0.39 is 6.10 Å². The summed E-state index contributed by atoms with van der Waals surface area (Å²) in [5.74, 6) is 0. The fourth-order valence-electron chi connectivity index (χ4n) is 2.31. The van der Waals surface area contributed by atoms with Gasteiger partial charge >= 0.3 is 0 Å². The highest BCUT2D eigenvalue weighted by Crippen LogP contribution is 2.14. The predicted molar refractivity (Wildman–Crippen MR) is 66.5 cm³/mol. The fourth-order valence-corrected chi connectivity index (χ4v) is 2.31. The van der Waals surface area contributed by atoms with Crippen LogP contribution in [0.1, 0.15) is 12.0 Å². The molecule has 1 aromatic carbocycles. The van der Waals surface area contributed by atoms with Gasteiger partial charge in [0, 0.05) is 18.6 Å². The second kappa shape index (κ2) is 5.60. The highest BCUT2D eigenvalue weighted by atomic mass is 16.3. The average Bonchev–Trinajstić information content (AvgIpc) is 2.76. The van der Waals surface area contributed by atoms with Gasteiger partial charge in [-0.1, -0.05) is 30.3 Å². The lowest BCUT2D eigenvalue weighted by molar-refractivity contribution is 0.100. The molecule has 0 amide bonds. The lowest BCUT2D eigenvalue weighted by Crippen LogP contribution is -2.48. The van der Waals surface area contributed by atoms with Crippen molar-refractivity contribution < 1.29 is 10.2 Å². The van der Waals surface area contributed by atoms with E-state index in [0.717, 1.165) is 5.56 Å². The quantitative estimate of drug-likeness (QED) is 0.576. The third-order valence-corrected chi connectivity index (χ3v) is 3.31. The number of hydrogen-bond acceptors (Lipinski definition) is 4. The smallest absolute Gasteiger partial charge is 0.0847 e. The maximum absolute atomic E-state index is 10.1. The SMILES string of the molecule is NC(Cc1ccccc1)C(O)C1CC(O)CN1. The number of nitrogens with two attached hydrogens (primary N) is 1. The van der Waals surface area contributed by atoms with Crippen LogP contribution in [0.25, 0.3) is 0 Å². The molecule has 4 atom stereocenters. The molecule has 1 aromatic rings. The molecule has 1 fully saturated rings. The molecule has 2 rings (SSSR count). The first kappa shape index (κ1) is 12.5. The molecule has 1 aliphatic rings. The second-order valence-corrected chi connectivity index (χ2v) is 4.75. The molecule has 4 nitrogen and oxygen atoms in total. The standard InChI is InChI=1S/C13H20N2O2/c14-11(6-9-4-2-1-3-5-9)13(17)12-7-10(16)8-15-12/h1-5,10-13,15-17H,6-8,14H2. The molecule has 1 heterocycles. The minimum absolute atomic E-state index is 0.0938. The van der Waals surface area contributed by atoms with Crippen LogP contribution in [0.15, 0.2) is 30.3 Å². The first-order valence-electron chi connectivity index (χ1n) is 6.06. The third kappa shape index (κ3) is 3.26. The number of benzene rings is 1. The molecule has 1 aliphatic heterocycles. The van der Waals surface area contributed by atoms with Crippen molar-refractivity contribution in [3.8, 4) is 0 Å². The maximum atomic E-state index is 10.1. The summed E-state index contributed by atoms with van der Waals surface area (Å²) in [7, 11) is 0. The van der Waals surface area contributed by atoms with Crippen LogP contribution in [0, 0.1) is 0 Å². The van der Waals surface area contributed by atoms with Crippen molar-refractivity contribution in [3.63, 3.8) is 0 Å². The highest BCUT2D eigenvalue weighted by Gasteiger charge is 2.31. The van der Waals surface area contributed by atoms with E-state index in [9.17, 15) is 10.2 Å². The fraction of sp³-hybridized carbons (Fsp3) is 0.538. The van der Waals surface area contributed by atoms with Crippen molar-refractivity contribution in [3.05, 3.63) is 35.9 Å². The zero-order chi connectivity index (χ0) is 12.3. The lowest BCUT2D eigenvalue weighted by Gasteiger charge is -2.24. The van der Waals surface area contributed by atoms with Gasteiger partial charge < -0.3 is 21.3 Å². The van der Waals surface area contributed by atoms with E-state index in [1.165, 1.54) is 0 Å². The summed E-state index contributed by atoms with van der Waals surface area (Å²) in [6, 6.07) is 9.50. The zero-order valence-corrected chi connectivity index (χ0v) is 9.79. The van der Waals surface area contributed by atoms with Crippen LogP contribution in [0.3, 0.4) is 0 Å². The Bertz CT molecular complexity index is 345. The number of rotatable bonds is 4. The summed E-state index contributed by atoms with van der Waals surface area (Å²) >= 11 is 0. The molecule has 1 saturated heterocycles. The Morgan fingerprint density at radius 2 is 2.06 bits per heavy atom. The maximum Gasteiger partial charge on any atom is 0.0847 e. The summed E-state index contributed by atoms with van der Waals surface area (Å²) in [4.78, 5) is 0. The molecule has 0 bridgehead atoms. The average molecular weight is 236 g/mol. The van der Waals surface area contributed by atoms with E-state index in [0.29, 0.717) is 19.4 Å². The van der Waals surface area contributed by atoms with Crippen molar-refractivity contribution in [1.29, 1.82) is 0 Å². The molecule has 4 heteroatoms. The molecule has 4 unspecified atom stereocenters. The predicted octanol–water partition coefficient (Wildman–Crippen LogP) is -0.360. The Balaban J connectivity index is 1.89. The van der Waals surface area contributed by atoms with Crippen LogP contribution in [-0.4, -0.2) is 41.0 Å². The van der Waals surface area contributed by atoms with E-state index >= 15 is 0 Å². The van der Waals surface area contributed by atoms with Crippen LogP contribution in [0.2, 0.25) is 0 Å². The Labute approximate surface area is 101 Å².